The van der Waals surface area contributed by atoms with Gasteiger partial charge in [0.15, 0.2) is 5.78 Å². The van der Waals surface area contributed by atoms with Gasteiger partial charge in [0, 0.05) is 17.5 Å². The summed E-state index contributed by atoms with van der Waals surface area (Å²) in [4.78, 5) is 12.3. The number of Topliss-reactive ketones (excluding diaryl/α,β-unsaturated/α-hetero) is 1. The molecule has 1 unspecified atom stereocenters. The molecule has 1 aliphatic heterocycles. The fraction of sp³-hybridized carbons (Fsp3) is 0.417. The number of hydrogen-bond donors (Lipinski definition) is 1. The highest BCUT2D eigenvalue weighted by atomic mass is 35.5. The maximum absolute atomic E-state index is 12.3. The molecule has 0 aliphatic carbocycles. The molecule has 0 spiro atoms. The van der Waals surface area contributed by atoms with Crippen molar-refractivity contribution in [2.24, 2.45) is 5.41 Å². The number of halogens is 2. The summed E-state index contributed by atoms with van der Waals surface area (Å²) in [5.74, 6) is 0.135. The van der Waals surface area contributed by atoms with E-state index >= 15 is 0 Å². The van der Waals surface area contributed by atoms with Gasteiger partial charge >= 0.3 is 0 Å². The molecule has 4 heteroatoms. The molecule has 1 fully saturated rings. The van der Waals surface area contributed by atoms with Gasteiger partial charge in [-0.05, 0) is 31.2 Å². The summed E-state index contributed by atoms with van der Waals surface area (Å²) in [7, 11) is 0. The van der Waals surface area contributed by atoms with E-state index in [0.717, 1.165) is 19.5 Å². The zero-order valence-corrected chi connectivity index (χ0v) is 10.5. The van der Waals surface area contributed by atoms with Crippen molar-refractivity contribution >= 4 is 29.0 Å². The lowest BCUT2D eigenvalue weighted by atomic mass is 9.81. The van der Waals surface area contributed by atoms with Crippen molar-refractivity contribution in [2.45, 2.75) is 13.3 Å². The number of nitrogens with one attached hydrogen (secondary N) is 1. The molecule has 16 heavy (non-hydrogen) atoms. The van der Waals surface area contributed by atoms with Gasteiger partial charge < -0.3 is 5.32 Å². The summed E-state index contributed by atoms with van der Waals surface area (Å²) >= 11 is 11.7. The van der Waals surface area contributed by atoms with E-state index in [4.69, 9.17) is 23.2 Å². The van der Waals surface area contributed by atoms with Gasteiger partial charge in [0.05, 0.1) is 10.0 Å². The van der Waals surface area contributed by atoms with Crippen LogP contribution in [-0.2, 0) is 0 Å². The molecule has 2 rings (SSSR count). The first-order valence-corrected chi connectivity index (χ1v) is 5.99. The van der Waals surface area contributed by atoms with Crippen molar-refractivity contribution in [3.63, 3.8) is 0 Å². The molecule has 2 nitrogen and oxygen atoms in total. The van der Waals surface area contributed by atoms with Gasteiger partial charge in [-0.15, -0.1) is 0 Å². The third-order valence-electron chi connectivity index (χ3n) is 3.10. The Labute approximate surface area is 105 Å². The van der Waals surface area contributed by atoms with Crippen molar-refractivity contribution in [3.05, 3.63) is 33.8 Å². The van der Waals surface area contributed by atoms with Crippen LogP contribution in [0.4, 0.5) is 0 Å². The van der Waals surface area contributed by atoms with Crippen molar-refractivity contribution in [2.75, 3.05) is 13.1 Å². The highest BCUT2D eigenvalue weighted by molar-refractivity contribution is 6.42. The molecule has 86 valence electrons. The van der Waals surface area contributed by atoms with Crippen LogP contribution in [0.2, 0.25) is 10.0 Å². The average Bonchev–Trinajstić information content (AvgIpc) is 2.70. The summed E-state index contributed by atoms with van der Waals surface area (Å²) in [6.07, 6.45) is 0.867. The van der Waals surface area contributed by atoms with Crippen LogP contribution in [0.25, 0.3) is 0 Å². The molecule has 1 atom stereocenters. The minimum Gasteiger partial charge on any atom is -0.316 e. The van der Waals surface area contributed by atoms with E-state index in [-0.39, 0.29) is 11.2 Å². The Hall–Kier alpha value is -0.570. The van der Waals surface area contributed by atoms with Crippen LogP contribution in [0, 0.1) is 5.41 Å². The second kappa shape index (κ2) is 4.36. The van der Waals surface area contributed by atoms with Crippen LogP contribution in [0.15, 0.2) is 18.2 Å². The highest BCUT2D eigenvalue weighted by Gasteiger charge is 2.36. The second-order valence-corrected chi connectivity index (χ2v) is 5.26. The Morgan fingerprint density at radius 3 is 2.69 bits per heavy atom. The number of hydrogen-bond acceptors (Lipinski definition) is 2. The average molecular weight is 258 g/mol. The van der Waals surface area contributed by atoms with E-state index < -0.39 is 0 Å². The van der Waals surface area contributed by atoms with Gasteiger partial charge in [0.25, 0.3) is 0 Å². The lowest BCUT2D eigenvalue weighted by Crippen LogP contribution is -2.30. The van der Waals surface area contributed by atoms with Gasteiger partial charge in [-0.3, -0.25) is 4.79 Å². The number of carbonyl (C=O) groups is 1. The molecule has 0 amide bonds. The largest absolute Gasteiger partial charge is 0.316 e. The molecular formula is C12H13Cl2NO. The molecule has 1 aliphatic rings. The third-order valence-corrected chi connectivity index (χ3v) is 3.84. The first kappa shape index (κ1) is 11.9. The zero-order valence-electron chi connectivity index (χ0n) is 9.02. The lowest BCUT2D eigenvalue weighted by Gasteiger charge is -2.20. The standard InChI is InChI=1S/C12H13Cl2NO/c1-12(4-5-15-7-12)11(16)8-2-3-9(13)10(14)6-8/h2-3,6,15H,4-5,7H2,1H3. The lowest BCUT2D eigenvalue weighted by molar-refractivity contribution is 0.0839. The summed E-state index contributed by atoms with van der Waals surface area (Å²) in [5, 5.41) is 4.12. The Bertz CT molecular complexity index is 425. The van der Waals surface area contributed by atoms with E-state index in [1.54, 1.807) is 18.2 Å². The van der Waals surface area contributed by atoms with Crippen LogP contribution in [-0.4, -0.2) is 18.9 Å². The number of rotatable bonds is 2. The number of carbonyl (C=O) groups excluding carboxylic acids is 1. The van der Waals surface area contributed by atoms with Crippen molar-refractivity contribution in [1.82, 2.24) is 5.32 Å². The molecule has 1 aromatic rings. The second-order valence-electron chi connectivity index (χ2n) is 4.45. The molecular weight excluding hydrogens is 245 g/mol. The topological polar surface area (TPSA) is 29.1 Å². The van der Waals surface area contributed by atoms with Crippen LogP contribution in [0.1, 0.15) is 23.7 Å². The predicted molar refractivity (Wildman–Crippen MR) is 66.4 cm³/mol. The monoisotopic (exact) mass is 257 g/mol. The summed E-state index contributed by atoms with van der Waals surface area (Å²) in [6, 6.07) is 5.05. The molecule has 0 aromatic heterocycles. The van der Waals surface area contributed by atoms with Gasteiger partial charge in [0.2, 0.25) is 0 Å². The summed E-state index contributed by atoms with van der Waals surface area (Å²) in [6.45, 7) is 3.60. The van der Waals surface area contributed by atoms with Crippen molar-refractivity contribution in [1.29, 1.82) is 0 Å². The zero-order chi connectivity index (χ0) is 11.8. The minimum absolute atomic E-state index is 0.135. The van der Waals surface area contributed by atoms with Crippen molar-refractivity contribution in [3.8, 4) is 0 Å². The van der Waals surface area contributed by atoms with E-state index in [2.05, 4.69) is 5.32 Å². The quantitative estimate of drug-likeness (QED) is 0.825. The predicted octanol–water partition coefficient (Wildman–Crippen LogP) is 3.18. The van der Waals surface area contributed by atoms with E-state index in [1.807, 2.05) is 6.92 Å². The van der Waals surface area contributed by atoms with Gasteiger partial charge in [-0.2, -0.15) is 0 Å². The van der Waals surface area contributed by atoms with E-state index in [9.17, 15) is 4.79 Å². The van der Waals surface area contributed by atoms with E-state index in [0.29, 0.717) is 15.6 Å². The van der Waals surface area contributed by atoms with Crippen LogP contribution in [0.5, 0.6) is 0 Å². The fourth-order valence-corrected chi connectivity index (χ4v) is 2.29. The first-order valence-electron chi connectivity index (χ1n) is 5.23. The van der Waals surface area contributed by atoms with Crippen molar-refractivity contribution < 1.29 is 4.79 Å². The molecule has 1 saturated heterocycles. The normalized spacial score (nSPS) is 24.7. The summed E-state index contributed by atoms with van der Waals surface area (Å²) < 4.78 is 0. The van der Waals surface area contributed by atoms with Gasteiger partial charge in [-0.25, -0.2) is 0 Å². The third kappa shape index (κ3) is 2.10. The molecule has 0 radical (unpaired) electrons. The Morgan fingerprint density at radius 1 is 1.38 bits per heavy atom. The Balaban J connectivity index is 2.30. The number of ketones is 1. The first-order chi connectivity index (χ1) is 7.53. The minimum atomic E-state index is -0.308. The highest BCUT2D eigenvalue weighted by Crippen LogP contribution is 2.31. The van der Waals surface area contributed by atoms with E-state index in [1.165, 1.54) is 0 Å². The van der Waals surface area contributed by atoms with Gasteiger partial charge in [-0.1, -0.05) is 30.1 Å². The summed E-state index contributed by atoms with van der Waals surface area (Å²) in [5.41, 5.74) is 0.331. The Kier molecular flexibility index (Phi) is 3.24. The van der Waals surface area contributed by atoms with Crippen LogP contribution in [0.3, 0.4) is 0 Å². The molecule has 0 bridgehead atoms. The maximum atomic E-state index is 12.3. The molecule has 1 N–H and O–H groups in total. The van der Waals surface area contributed by atoms with Crippen LogP contribution >= 0.6 is 23.2 Å². The SMILES string of the molecule is CC1(C(=O)c2ccc(Cl)c(Cl)c2)CCNC1. The maximum Gasteiger partial charge on any atom is 0.170 e. The molecule has 0 saturated carbocycles. The molecule has 1 aromatic carbocycles. The molecule has 1 heterocycles. The number of benzene rings is 1. The Morgan fingerprint density at radius 2 is 2.12 bits per heavy atom. The van der Waals surface area contributed by atoms with Crippen LogP contribution < -0.4 is 5.32 Å². The smallest absolute Gasteiger partial charge is 0.170 e. The van der Waals surface area contributed by atoms with Gasteiger partial charge in [0.1, 0.15) is 0 Å². The fourth-order valence-electron chi connectivity index (χ4n) is 2.00.